The van der Waals surface area contributed by atoms with Gasteiger partial charge in [0.25, 0.3) is 0 Å². The van der Waals surface area contributed by atoms with Gasteiger partial charge in [0.2, 0.25) is 0 Å². The Morgan fingerprint density at radius 3 is 1.57 bits per heavy atom. The van der Waals surface area contributed by atoms with Crippen LogP contribution in [0.2, 0.25) is 0 Å². The average molecular weight is 880 g/mol. The van der Waals surface area contributed by atoms with Gasteiger partial charge in [0.15, 0.2) is 17.5 Å². The zero-order chi connectivity index (χ0) is 45.2. The van der Waals surface area contributed by atoms with E-state index >= 15 is 0 Å². The summed E-state index contributed by atoms with van der Waals surface area (Å²) in [5, 5.41) is 6.34. The highest BCUT2D eigenvalue weighted by atomic mass is 15.0. The molecule has 3 aliphatic rings. The largest absolute Gasteiger partial charge is 0.308 e. The van der Waals surface area contributed by atoms with Crippen molar-refractivity contribution in [1.82, 2.24) is 24.1 Å². The second-order valence-corrected chi connectivity index (χ2v) is 18.5. The number of hydrogen-bond donors (Lipinski definition) is 0. The highest BCUT2D eigenvalue weighted by Gasteiger charge is 2.52. The maximum absolute atomic E-state index is 5.23. The van der Waals surface area contributed by atoms with Gasteiger partial charge in [0.1, 0.15) is 0 Å². The fourth-order valence-corrected chi connectivity index (χ4v) is 12.2. The van der Waals surface area contributed by atoms with Gasteiger partial charge in [-0.25, -0.2) is 15.0 Å². The summed E-state index contributed by atoms with van der Waals surface area (Å²) < 4.78 is 5.06. The van der Waals surface area contributed by atoms with Gasteiger partial charge in [-0.3, -0.25) is 0 Å². The SMILES string of the molecule is C1=c2c(n(-c3ccc4c(c3)C3(c5ccccc5-c5ccc(-c6nc(-c7ccccc7)nc(-c7ccccc7)n6)cc53)c3ccccc3-4)c3c2ccc2c4ccccc4n(-c4ccccc4)c23)=CCC1. The lowest BCUT2D eigenvalue weighted by atomic mass is 9.70. The van der Waals surface area contributed by atoms with Gasteiger partial charge in [-0.1, -0.05) is 188 Å². The molecule has 15 rings (SSSR count). The number of benzene rings is 9. The van der Waals surface area contributed by atoms with E-state index < -0.39 is 5.41 Å². The van der Waals surface area contributed by atoms with Gasteiger partial charge in [-0.2, -0.15) is 0 Å². The summed E-state index contributed by atoms with van der Waals surface area (Å²) in [6.45, 7) is 0. The summed E-state index contributed by atoms with van der Waals surface area (Å²) >= 11 is 0. The molecule has 0 amide bonds. The molecule has 3 aliphatic carbocycles. The van der Waals surface area contributed by atoms with E-state index in [4.69, 9.17) is 15.0 Å². The predicted octanol–water partition coefficient (Wildman–Crippen LogP) is 13.6. The second-order valence-electron chi connectivity index (χ2n) is 18.5. The predicted molar refractivity (Wildman–Crippen MR) is 281 cm³/mol. The van der Waals surface area contributed by atoms with Crippen molar-refractivity contribution >= 4 is 44.9 Å². The molecule has 0 radical (unpaired) electrons. The maximum atomic E-state index is 5.23. The lowest BCUT2D eigenvalue weighted by molar-refractivity contribution is 0.792. The Kier molecular flexibility index (Phi) is 8.05. The minimum Gasteiger partial charge on any atom is -0.308 e. The van der Waals surface area contributed by atoms with Crippen molar-refractivity contribution in [1.29, 1.82) is 0 Å². The van der Waals surface area contributed by atoms with Crippen molar-refractivity contribution in [3.05, 3.63) is 245 Å². The van der Waals surface area contributed by atoms with E-state index in [1.807, 2.05) is 36.4 Å². The molecular formula is C64H41N5. The molecule has 1 spiro atoms. The molecule has 0 fully saturated rings. The molecule has 0 bridgehead atoms. The van der Waals surface area contributed by atoms with Gasteiger partial charge >= 0.3 is 0 Å². The summed E-state index contributed by atoms with van der Waals surface area (Å²) in [6, 6.07) is 77.2. The highest BCUT2D eigenvalue weighted by Crippen LogP contribution is 2.63. The third-order valence-corrected chi connectivity index (χ3v) is 15.0. The Bertz CT molecular complexity index is 4170. The van der Waals surface area contributed by atoms with Crippen LogP contribution in [0.15, 0.2) is 212 Å². The molecule has 5 nitrogen and oxygen atoms in total. The van der Waals surface area contributed by atoms with E-state index in [0.29, 0.717) is 17.5 Å². The molecule has 322 valence electrons. The first kappa shape index (κ1) is 38.2. The Morgan fingerprint density at radius 2 is 0.870 bits per heavy atom. The molecule has 3 heterocycles. The molecule has 9 aromatic carbocycles. The van der Waals surface area contributed by atoms with Gasteiger partial charge in [0.05, 0.1) is 22.0 Å². The van der Waals surface area contributed by atoms with Crippen LogP contribution in [0.1, 0.15) is 35.1 Å². The first-order valence-electron chi connectivity index (χ1n) is 23.9. The van der Waals surface area contributed by atoms with Crippen LogP contribution in [-0.4, -0.2) is 24.1 Å². The number of nitrogens with zero attached hydrogens (tertiary/aromatic N) is 5. The third kappa shape index (κ3) is 5.33. The fraction of sp³-hybridized carbons (Fsp3) is 0.0469. The van der Waals surface area contributed by atoms with Gasteiger partial charge < -0.3 is 9.13 Å². The van der Waals surface area contributed by atoms with E-state index in [0.717, 1.165) is 40.9 Å². The van der Waals surface area contributed by atoms with Crippen LogP contribution in [0.5, 0.6) is 0 Å². The van der Waals surface area contributed by atoms with Crippen molar-refractivity contribution in [2.45, 2.75) is 18.3 Å². The van der Waals surface area contributed by atoms with Crippen molar-refractivity contribution in [2.24, 2.45) is 0 Å². The van der Waals surface area contributed by atoms with Crippen LogP contribution in [-0.2, 0) is 5.41 Å². The summed E-state index contributed by atoms with van der Waals surface area (Å²) in [7, 11) is 0. The second kappa shape index (κ2) is 14.5. The van der Waals surface area contributed by atoms with Crippen LogP contribution >= 0.6 is 0 Å². The molecule has 1 unspecified atom stereocenters. The summed E-state index contributed by atoms with van der Waals surface area (Å²) in [4.78, 5) is 15.5. The van der Waals surface area contributed by atoms with Gasteiger partial charge in [-0.05, 0) is 93.7 Å². The van der Waals surface area contributed by atoms with Crippen LogP contribution in [0, 0.1) is 0 Å². The van der Waals surface area contributed by atoms with Crippen LogP contribution in [0.3, 0.4) is 0 Å². The zero-order valence-electron chi connectivity index (χ0n) is 37.5. The quantitative estimate of drug-likeness (QED) is 0.173. The maximum Gasteiger partial charge on any atom is 0.164 e. The molecule has 69 heavy (non-hydrogen) atoms. The summed E-state index contributed by atoms with van der Waals surface area (Å²) in [5.74, 6) is 1.94. The molecule has 1 atom stereocenters. The molecule has 0 N–H and O–H groups in total. The summed E-state index contributed by atoms with van der Waals surface area (Å²) in [5.41, 5.74) is 18.3. The lowest BCUT2D eigenvalue weighted by Crippen LogP contribution is -2.30. The average Bonchev–Trinajstić information content (AvgIpc) is 4.13. The highest BCUT2D eigenvalue weighted by molar-refractivity contribution is 6.18. The normalized spacial score (nSPS) is 15.1. The van der Waals surface area contributed by atoms with Crippen molar-refractivity contribution < 1.29 is 0 Å². The minimum absolute atomic E-state index is 0.617. The number of aromatic nitrogens is 5. The molecule has 0 aliphatic heterocycles. The number of para-hydroxylation sites is 2. The van der Waals surface area contributed by atoms with E-state index in [-0.39, 0.29) is 0 Å². The number of hydrogen-bond acceptors (Lipinski definition) is 3. The van der Waals surface area contributed by atoms with E-state index in [9.17, 15) is 0 Å². The van der Waals surface area contributed by atoms with Crippen LogP contribution in [0.4, 0.5) is 0 Å². The first-order valence-corrected chi connectivity index (χ1v) is 23.9. The Hall–Kier alpha value is -8.93. The van der Waals surface area contributed by atoms with Gasteiger partial charge in [-0.15, -0.1) is 0 Å². The van der Waals surface area contributed by atoms with E-state index in [1.54, 1.807) is 0 Å². The Morgan fingerprint density at radius 1 is 0.348 bits per heavy atom. The smallest absolute Gasteiger partial charge is 0.164 e. The topological polar surface area (TPSA) is 48.5 Å². The lowest BCUT2D eigenvalue weighted by Gasteiger charge is -2.31. The molecule has 0 saturated heterocycles. The zero-order valence-corrected chi connectivity index (χ0v) is 37.5. The third-order valence-electron chi connectivity index (χ3n) is 15.0. The van der Waals surface area contributed by atoms with Crippen LogP contribution < -0.4 is 10.6 Å². The molecule has 5 heteroatoms. The summed E-state index contributed by atoms with van der Waals surface area (Å²) in [6.07, 6.45) is 6.93. The Balaban J connectivity index is 1.02. The van der Waals surface area contributed by atoms with Crippen molar-refractivity contribution in [2.75, 3.05) is 0 Å². The molecule has 12 aromatic rings. The standard InChI is InChI=1S/C64H41N5/c1-4-18-40(19-5-1)61-65-62(41-20-6-2-7-21-41)67-63(66-61)42-32-34-47-45-24-10-14-28-53(45)64(55(47)38-42)54-29-15-11-25-46(54)48-35-33-44(39-56(48)64)69-58-31-17-13-27-50(58)52-37-36-51-49-26-12-16-30-57(49)68(59(51)60(52)69)43-22-8-3-9-23-43/h1-12,14-16,18-39H,13,17H2. The van der Waals surface area contributed by atoms with Crippen molar-refractivity contribution in [3.63, 3.8) is 0 Å². The van der Waals surface area contributed by atoms with E-state index in [2.05, 4.69) is 197 Å². The fourth-order valence-electron chi connectivity index (χ4n) is 12.2. The molecule has 3 aromatic heterocycles. The molecule has 0 saturated carbocycles. The minimum atomic E-state index is -0.617. The van der Waals surface area contributed by atoms with Gasteiger partial charge in [0, 0.05) is 54.8 Å². The van der Waals surface area contributed by atoms with E-state index in [1.165, 1.54) is 87.8 Å². The monoisotopic (exact) mass is 879 g/mol. The number of rotatable bonds is 5. The first-order chi connectivity index (χ1) is 34.2. The number of fused-ring (bicyclic) bond motifs is 17. The van der Waals surface area contributed by atoms with Crippen LogP contribution in [0.25, 0.3) is 113 Å². The Labute approximate surface area is 398 Å². The molecular weight excluding hydrogens is 839 g/mol. The van der Waals surface area contributed by atoms with Crippen molar-refractivity contribution in [3.8, 4) is 67.8 Å².